The number of hydrogen-bond donors (Lipinski definition) is 1. The minimum atomic E-state index is -2.50. The van der Waals surface area contributed by atoms with Crippen LogP contribution in [0.2, 0.25) is 5.02 Å². The van der Waals surface area contributed by atoms with E-state index < -0.39 is 12.5 Å². The van der Waals surface area contributed by atoms with Gasteiger partial charge in [0.05, 0.1) is 0 Å². The average Bonchev–Trinajstić information content (AvgIpc) is 2.03. The van der Waals surface area contributed by atoms with Crippen LogP contribution in [0.25, 0.3) is 0 Å². The molecule has 0 bridgehead atoms. The van der Waals surface area contributed by atoms with Gasteiger partial charge in [-0.2, -0.15) is 0 Å². The standard InChI is InChI=1S/C9H10ClF2N/c1-5(13)8-4-6(10)2-3-7(8)9(11)12/h2-5,9H,13H2,1H3. The van der Waals surface area contributed by atoms with E-state index in [1.165, 1.54) is 18.2 Å². The molecule has 1 rings (SSSR count). The molecular formula is C9H10ClF2N. The molecule has 72 valence electrons. The van der Waals surface area contributed by atoms with E-state index in [0.29, 0.717) is 10.6 Å². The maximum Gasteiger partial charge on any atom is 0.264 e. The number of hydrogen-bond acceptors (Lipinski definition) is 1. The number of rotatable bonds is 2. The molecule has 0 aliphatic carbocycles. The van der Waals surface area contributed by atoms with Gasteiger partial charge in [0.15, 0.2) is 0 Å². The molecule has 0 aromatic heterocycles. The molecule has 1 atom stereocenters. The molecule has 0 fully saturated rings. The molecule has 4 heteroatoms. The van der Waals surface area contributed by atoms with Crippen LogP contribution in [0.3, 0.4) is 0 Å². The monoisotopic (exact) mass is 205 g/mol. The van der Waals surface area contributed by atoms with Crippen molar-refractivity contribution >= 4 is 11.6 Å². The van der Waals surface area contributed by atoms with Crippen LogP contribution < -0.4 is 5.73 Å². The van der Waals surface area contributed by atoms with Crippen LogP contribution in [-0.4, -0.2) is 0 Å². The van der Waals surface area contributed by atoms with Crippen molar-refractivity contribution < 1.29 is 8.78 Å². The first kappa shape index (κ1) is 10.4. The third-order valence-electron chi connectivity index (χ3n) is 1.77. The van der Waals surface area contributed by atoms with Gasteiger partial charge in [-0.05, 0) is 24.6 Å². The quantitative estimate of drug-likeness (QED) is 0.788. The summed E-state index contributed by atoms with van der Waals surface area (Å²) in [5.41, 5.74) is 5.89. The fraction of sp³-hybridized carbons (Fsp3) is 0.333. The first-order valence-electron chi connectivity index (χ1n) is 3.85. The zero-order valence-corrected chi connectivity index (χ0v) is 7.85. The van der Waals surface area contributed by atoms with Gasteiger partial charge in [-0.15, -0.1) is 0 Å². The molecule has 0 heterocycles. The van der Waals surface area contributed by atoms with Crippen LogP contribution in [0, 0.1) is 0 Å². The van der Waals surface area contributed by atoms with Crippen LogP contribution in [-0.2, 0) is 0 Å². The van der Waals surface area contributed by atoms with Crippen molar-refractivity contribution in [1.82, 2.24) is 0 Å². The lowest BCUT2D eigenvalue weighted by Crippen LogP contribution is -2.08. The van der Waals surface area contributed by atoms with Crippen LogP contribution >= 0.6 is 11.6 Å². The number of benzene rings is 1. The molecule has 1 nitrogen and oxygen atoms in total. The minimum absolute atomic E-state index is 0.0422. The van der Waals surface area contributed by atoms with Crippen LogP contribution in [0.15, 0.2) is 18.2 Å². The van der Waals surface area contributed by atoms with Crippen LogP contribution in [0.1, 0.15) is 30.5 Å². The fourth-order valence-corrected chi connectivity index (χ4v) is 1.32. The third kappa shape index (κ3) is 2.39. The molecule has 13 heavy (non-hydrogen) atoms. The smallest absolute Gasteiger partial charge is 0.264 e. The van der Waals surface area contributed by atoms with E-state index in [0.717, 1.165) is 0 Å². The average molecular weight is 206 g/mol. The highest BCUT2D eigenvalue weighted by molar-refractivity contribution is 6.30. The lowest BCUT2D eigenvalue weighted by atomic mass is 10.0. The first-order chi connectivity index (χ1) is 6.02. The second kappa shape index (κ2) is 4.03. The molecule has 0 saturated carbocycles. The number of halogens is 3. The Morgan fingerprint density at radius 3 is 2.38 bits per heavy atom. The molecule has 0 saturated heterocycles. The van der Waals surface area contributed by atoms with Gasteiger partial charge >= 0.3 is 0 Å². The topological polar surface area (TPSA) is 26.0 Å². The Labute approximate surface area is 80.5 Å². The molecule has 0 amide bonds. The third-order valence-corrected chi connectivity index (χ3v) is 2.01. The second-order valence-electron chi connectivity index (χ2n) is 2.86. The van der Waals surface area contributed by atoms with Gasteiger partial charge in [0.1, 0.15) is 0 Å². The lowest BCUT2D eigenvalue weighted by Gasteiger charge is -2.12. The van der Waals surface area contributed by atoms with E-state index in [1.807, 2.05) is 0 Å². The van der Waals surface area contributed by atoms with E-state index in [9.17, 15) is 8.78 Å². The largest absolute Gasteiger partial charge is 0.324 e. The number of alkyl halides is 2. The first-order valence-corrected chi connectivity index (χ1v) is 4.23. The summed E-state index contributed by atoms with van der Waals surface area (Å²) in [6.07, 6.45) is -2.50. The Kier molecular flexibility index (Phi) is 3.22. The molecule has 0 aliphatic heterocycles. The van der Waals surface area contributed by atoms with Crippen molar-refractivity contribution in [2.24, 2.45) is 5.73 Å². The van der Waals surface area contributed by atoms with Crippen molar-refractivity contribution in [3.8, 4) is 0 Å². The van der Waals surface area contributed by atoms with Crippen LogP contribution in [0.4, 0.5) is 8.78 Å². The van der Waals surface area contributed by atoms with Gasteiger partial charge in [0.25, 0.3) is 6.43 Å². The fourth-order valence-electron chi connectivity index (χ4n) is 1.14. The highest BCUT2D eigenvalue weighted by Crippen LogP contribution is 2.28. The Bertz CT molecular complexity index is 300. The van der Waals surface area contributed by atoms with E-state index in [4.69, 9.17) is 17.3 Å². The summed E-state index contributed by atoms with van der Waals surface area (Å²) < 4.78 is 24.8. The summed E-state index contributed by atoms with van der Waals surface area (Å²) in [7, 11) is 0. The van der Waals surface area contributed by atoms with Crippen molar-refractivity contribution in [2.75, 3.05) is 0 Å². The van der Waals surface area contributed by atoms with Crippen molar-refractivity contribution in [3.63, 3.8) is 0 Å². The Morgan fingerprint density at radius 2 is 1.92 bits per heavy atom. The SMILES string of the molecule is CC(N)c1cc(Cl)ccc1C(F)F. The van der Waals surface area contributed by atoms with E-state index in [1.54, 1.807) is 6.92 Å². The molecule has 1 aromatic rings. The summed E-state index contributed by atoms with van der Waals surface area (Å²) in [6, 6.07) is 3.80. The summed E-state index contributed by atoms with van der Waals surface area (Å²) in [5.74, 6) is 0. The zero-order chi connectivity index (χ0) is 10.0. The van der Waals surface area contributed by atoms with Crippen molar-refractivity contribution in [3.05, 3.63) is 34.3 Å². The highest BCUT2D eigenvalue weighted by Gasteiger charge is 2.15. The van der Waals surface area contributed by atoms with Gasteiger partial charge in [-0.1, -0.05) is 17.7 Å². The minimum Gasteiger partial charge on any atom is -0.324 e. The van der Waals surface area contributed by atoms with Gasteiger partial charge in [0.2, 0.25) is 0 Å². The number of nitrogens with two attached hydrogens (primary N) is 1. The van der Waals surface area contributed by atoms with Gasteiger partial charge in [0, 0.05) is 16.6 Å². The van der Waals surface area contributed by atoms with Gasteiger partial charge in [-0.3, -0.25) is 0 Å². The Hall–Kier alpha value is -0.670. The zero-order valence-electron chi connectivity index (χ0n) is 7.10. The normalized spacial score (nSPS) is 13.4. The predicted molar refractivity (Wildman–Crippen MR) is 49.0 cm³/mol. The Morgan fingerprint density at radius 1 is 1.31 bits per heavy atom. The maximum absolute atomic E-state index is 12.4. The molecule has 0 radical (unpaired) electrons. The maximum atomic E-state index is 12.4. The summed E-state index contributed by atoms with van der Waals surface area (Å²) >= 11 is 5.67. The van der Waals surface area contributed by atoms with Crippen molar-refractivity contribution in [2.45, 2.75) is 19.4 Å². The predicted octanol–water partition coefficient (Wildman–Crippen LogP) is 3.30. The molecule has 1 aromatic carbocycles. The Balaban J connectivity index is 3.19. The molecule has 0 aliphatic rings. The molecule has 1 unspecified atom stereocenters. The van der Waals surface area contributed by atoms with Crippen molar-refractivity contribution in [1.29, 1.82) is 0 Å². The summed E-state index contributed by atoms with van der Waals surface area (Å²) in [6.45, 7) is 1.65. The highest BCUT2D eigenvalue weighted by atomic mass is 35.5. The lowest BCUT2D eigenvalue weighted by molar-refractivity contribution is 0.150. The summed E-state index contributed by atoms with van der Waals surface area (Å²) in [5, 5.41) is 0.428. The van der Waals surface area contributed by atoms with E-state index in [2.05, 4.69) is 0 Å². The van der Waals surface area contributed by atoms with Gasteiger partial charge in [-0.25, -0.2) is 8.78 Å². The van der Waals surface area contributed by atoms with E-state index in [-0.39, 0.29) is 5.56 Å². The molecular weight excluding hydrogens is 196 g/mol. The second-order valence-corrected chi connectivity index (χ2v) is 3.30. The molecule has 2 N–H and O–H groups in total. The molecule has 0 spiro atoms. The van der Waals surface area contributed by atoms with Gasteiger partial charge < -0.3 is 5.73 Å². The summed E-state index contributed by atoms with van der Waals surface area (Å²) in [4.78, 5) is 0. The van der Waals surface area contributed by atoms with E-state index >= 15 is 0 Å². The van der Waals surface area contributed by atoms with Crippen LogP contribution in [0.5, 0.6) is 0 Å².